The lowest BCUT2D eigenvalue weighted by molar-refractivity contribution is 0.437. The van der Waals surface area contributed by atoms with Gasteiger partial charge in [-0.1, -0.05) is 47.5 Å². The van der Waals surface area contributed by atoms with Gasteiger partial charge in [0.1, 0.15) is 17.5 Å². The molecule has 0 amide bonds. The maximum Gasteiger partial charge on any atom is 0.224 e. The molecule has 4 nitrogen and oxygen atoms in total. The van der Waals surface area contributed by atoms with E-state index in [-0.39, 0.29) is 0 Å². The Morgan fingerprint density at radius 1 is 1.17 bits per heavy atom. The van der Waals surface area contributed by atoms with Crippen molar-refractivity contribution in [3.63, 3.8) is 0 Å². The Hall–Kier alpha value is -2.90. The summed E-state index contributed by atoms with van der Waals surface area (Å²) in [5.74, 6) is 1.01. The van der Waals surface area contributed by atoms with E-state index in [4.69, 9.17) is 22.1 Å². The van der Waals surface area contributed by atoms with E-state index in [0.717, 1.165) is 5.56 Å². The first-order valence-electron chi connectivity index (χ1n) is 7.45. The van der Waals surface area contributed by atoms with E-state index >= 15 is 0 Å². The van der Waals surface area contributed by atoms with Crippen LogP contribution in [0.25, 0.3) is 0 Å². The van der Waals surface area contributed by atoms with Crippen molar-refractivity contribution in [2.24, 2.45) is 0 Å². The molecule has 3 aromatic rings. The molecule has 0 aliphatic rings. The van der Waals surface area contributed by atoms with E-state index in [0.29, 0.717) is 34.6 Å². The molecular weight excluding hydrogens is 322 g/mol. The number of nitrogens with zero attached hydrogens (tertiary/aromatic N) is 2. The fraction of sp³-hybridized carbons (Fsp3) is 0.105. The van der Waals surface area contributed by atoms with Crippen LogP contribution in [-0.2, 0) is 6.54 Å². The average Bonchev–Trinajstić information content (AvgIpc) is 2.85. The van der Waals surface area contributed by atoms with Gasteiger partial charge in [-0.2, -0.15) is 5.26 Å². The predicted octanol–water partition coefficient (Wildman–Crippen LogP) is 4.74. The maximum atomic E-state index is 9.39. The van der Waals surface area contributed by atoms with E-state index < -0.39 is 0 Å². The number of anilines is 1. The van der Waals surface area contributed by atoms with Crippen molar-refractivity contribution >= 4 is 17.3 Å². The van der Waals surface area contributed by atoms with Gasteiger partial charge >= 0.3 is 0 Å². The number of nitriles is 1. The molecule has 0 aliphatic carbocycles. The highest BCUT2D eigenvalue weighted by molar-refractivity contribution is 6.30. The molecule has 0 unspecified atom stereocenters. The summed E-state index contributed by atoms with van der Waals surface area (Å²) in [6.07, 6.45) is 0. The number of aryl methyl sites for hydroxylation is 1. The lowest BCUT2D eigenvalue weighted by Crippen LogP contribution is -2.05. The molecule has 0 saturated heterocycles. The first-order chi connectivity index (χ1) is 11.6. The molecule has 0 saturated carbocycles. The smallest absolute Gasteiger partial charge is 0.224 e. The molecule has 5 heteroatoms. The van der Waals surface area contributed by atoms with Gasteiger partial charge in [0.25, 0.3) is 0 Å². The Labute approximate surface area is 145 Å². The molecule has 0 spiro atoms. The number of benzene rings is 2. The molecule has 2 N–H and O–H groups in total. The fourth-order valence-corrected chi connectivity index (χ4v) is 2.61. The van der Waals surface area contributed by atoms with Crippen molar-refractivity contribution in [1.29, 1.82) is 5.26 Å². The van der Waals surface area contributed by atoms with Crippen LogP contribution < -0.4 is 10.5 Å². The highest BCUT2D eigenvalue weighted by Gasteiger charge is 2.16. The minimum atomic E-state index is 0.415. The van der Waals surface area contributed by atoms with Gasteiger partial charge in [0, 0.05) is 11.1 Å². The van der Waals surface area contributed by atoms with Crippen LogP contribution in [0.4, 0.5) is 5.69 Å². The second-order valence-electron chi connectivity index (χ2n) is 5.53. The van der Waals surface area contributed by atoms with E-state index in [1.807, 2.05) is 31.2 Å². The number of hydrogen-bond donors (Lipinski definition) is 1. The summed E-state index contributed by atoms with van der Waals surface area (Å²) in [5, 5.41) is 9.96. The molecule has 0 atom stereocenters. The minimum absolute atomic E-state index is 0.415. The second-order valence-corrected chi connectivity index (χ2v) is 5.97. The summed E-state index contributed by atoms with van der Waals surface area (Å²) in [5.41, 5.74) is 9.16. The molecule has 0 bridgehead atoms. The van der Waals surface area contributed by atoms with E-state index in [1.54, 1.807) is 34.9 Å². The highest BCUT2D eigenvalue weighted by Crippen LogP contribution is 2.32. The summed E-state index contributed by atoms with van der Waals surface area (Å²) in [4.78, 5) is 0. The molecule has 0 radical (unpaired) electrons. The second kappa shape index (κ2) is 6.69. The van der Waals surface area contributed by atoms with Crippen LogP contribution in [-0.4, -0.2) is 4.57 Å². The molecule has 3 rings (SSSR count). The van der Waals surface area contributed by atoms with Crippen molar-refractivity contribution in [2.75, 3.05) is 5.73 Å². The summed E-state index contributed by atoms with van der Waals surface area (Å²) >= 11 is 6.00. The number of halogens is 1. The number of aromatic nitrogens is 1. The summed E-state index contributed by atoms with van der Waals surface area (Å²) in [6.45, 7) is 2.53. The lowest BCUT2D eigenvalue weighted by Gasteiger charge is -2.13. The predicted molar refractivity (Wildman–Crippen MR) is 95.4 cm³/mol. The third kappa shape index (κ3) is 3.37. The molecule has 120 valence electrons. The van der Waals surface area contributed by atoms with Gasteiger partial charge in [0.05, 0.1) is 12.2 Å². The standard InChI is InChI=1S/C19H16ClN3O/c1-13-5-7-14(8-6-13)12-23-16(11-21)10-18(22)19(23)24-17-4-2-3-15(20)9-17/h2-10H,12,22H2,1H3. The van der Waals surface area contributed by atoms with Crippen molar-refractivity contribution in [2.45, 2.75) is 13.5 Å². The lowest BCUT2D eigenvalue weighted by atomic mass is 10.1. The SMILES string of the molecule is Cc1ccc(Cn2c(C#N)cc(N)c2Oc2cccc(Cl)c2)cc1. The van der Waals surface area contributed by atoms with Crippen molar-refractivity contribution in [3.8, 4) is 17.7 Å². The number of rotatable bonds is 4. The fourth-order valence-electron chi connectivity index (χ4n) is 2.43. The number of nitrogen functional groups attached to an aromatic ring is 1. The summed E-state index contributed by atoms with van der Waals surface area (Å²) in [6, 6.07) is 19.0. The average molecular weight is 338 g/mol. The van der Waals surface area contributed by atoms with E-state index in [2.05, 4.69) is 6.07 Å². The van der Waals surface area contributed by atoms with E-state index in [1.165, 1.54) is 5.56 Å². The van der Waals surface area contributed by atoms with Gasteiger partial charge in [-0.05, 0) is 30.7 Å². The summed E-state index contributed by atoms with van der Waals surface area (Å²) in [7, 11) is 0. The largest absolute Gasteiger partial charge is 0.439 e. The van der Waals surface area contributed by atoms with Gasteiger partial charge in [0.2, 0.25) is 5.88 Å². The van der Waals surface area contributed by atoms with Gasteiger partial charge in [-0.15, -0.1) is 0 Å². The van der Waals surface area contributed by atoms with Gasteiger partial charge < -0.3 is 10.5 Å². The zero-order valence-electron chi connectivity index (χ0n) is 13.2. The van der Waals surface area contributed by atoms with Crippen molar-refractivity contribution in [1.82, 2.24) is 4.57 Å². The highest BCUT2D eigenvalue weighted by atomic mass is 35.5. The Morgan fingerprint density at radius 2 is 1.92 bits per heavy atom. The topological polar surface area (TPSA) is 64.0 Å². The minimum Gasteiger partial charge on any atom is -0.439 e. The zero-order valence-corrected chi connectivity index (χ0v) is 13.9. The van der Waals surface area contributed by atoms with Gasteiger partial charge in [-0.3, -0.25) is 4.57 Å². The Morgan fingerprint density at radius 3 is 2.58 bits per heavy atom. The maximum absolute atomic E-state index is 9.39. The third-order valence-electron chi connectivity index (χ3n) is 3.66. The van der Waals surface area contributed by atoms with Crippen LogP contribution in [0.5, 0.6) is 11.6 Å². The first-order valence-corrected chi connectivity index (χ1v) is 7.82. The summed E-state index contributed by atoms with van der Waals surface area (Å²) < 4.78 is 7.67. The van der Waals surface area contributed by atoms with Gasteiger partial charge in [-0.25, -0.2) is 0 Å². The molecule has 0 fully saturated rings. The Bertz CT molecular complexity index is 907. The zero-order chi connectivity index (χ0) is 17.1. The van der Waals surface area contributed by atoms with Gasteiger partial charge in [0.15, 0.2) is 0 Å². The van der Waals surface area contributed by atoms with Crippen LogP contribution >= 0.6 is 11.6 Å². The van der Waals surface area contributed by atoms with Crippen LogP contribution in [0.1, 0.15) is 16.8 Å². The first kappa shape index (κ1) is 16.0. The molecular formula is C19H16ClN3O. The monoisotopic (exact) mass is 337 g/mol. The molecule has 1 heterocycles. The van der Waals surface area contributed by atoms with Crippen LogP contribution in [0.15, 0.2) is 54.6 Å². The third-order valence-corrected chi connectivity index (χ3v) is 3.90. The van der Waals surface area contributed by atoms with Crippen molar-refractivity contribution < 1.29 is 4.74 Å². The quantitative estimate of drug-likeness (QED) is 0.747. The molecule has 24 heavy (non-hydrogen) atoms. The Balaban J connectivity index is 1.98. The molecule has 2 aromatic carbocycles. The van der Waals surface area contributed by atoms with E-state index in [9.17, 15) is 5.26 Å². The molecule has 1 aromatic heterocycles. The van der Waals surface area contributed by atoms with Crippen LogP contribution in [0.2, 0.25) is 5.02 Å². The molecule has 0 aliphatic heterocycles. The van der Waals surface area contributed by atoms with Crippen LogP contribution in [0, 0.1) is 18.3 Å². The Kier molecular flexibility index (Phi) is 4.45. The number of nitrogens with two attached hydrogens (primary N) is 1. The number of ether oxygens (including phenoxy) is 1. The number of hydrogen-bond acceptors (Lipinski definition) is 3. The van der Waals surface area contributed by atoms with Crippen molar-refractivity contribution in [3.05, 3.63) is 76.4 Å². The van der Waals surface area contributed by atoms with Crippen LogP contribution in [0.3, 0.4) is 0 Å². The normalized spacial score (nSPS) is 10.4.